The molecular weight excluding hydrogens is 224 g/mol. The second kappa shape index (κ2) is 3.17. The Morgan fingerprint density at radius 3 is 2.33 bits per heavy atom. The molecule has 1 aliphatic carbocycles. The van der Waals surface area contributed by atoms with Crippen LogP contribution >= 0.6 is 15.9 Å². The number of carboxylic acids is 1. The first kappa shape index (κ1) is 9.71. The lowest BCUT2D eigenvalue weighted by Crippen LogP contribution is -2.30. The summed E-state index contributed by atoms with van der Waals surface area (Å²) in [6.07, 6.45) is 1.45. The average Bonchev–Trinajstić information content (AvgIpc) is 2.82. The highest BCUT2D eigenvalue weighted by atomic mass is 79.9. The first-order valence-corrected chi connectivity index (χ1v) is 4.99. The highest BCUT2D eigenvalue weighted by molar-refractivity contribution is 9.09. The molecule has 0 spiro atoms. The fraction of sp³-hybridized carbons (Fsp3) is 0.750. The predicted octanol–water partition coefficient (Wildman–Crippen LogP) is 1.45. The molecule has 1 saturated carbocycles. The summed E-state index contributed by atoms with van der Waals surface area (Å²) >= 11 is 3.07. The van der Waals surface area contributed by atoms with Crippen LogP contribution in [0.5, 0.6) is 0 Å². The van der Waals surface area contributed by atoms with E-state index in [0.29, 0.717) is 0 Å². The normalized spacial score (nSPS) is 21.5. The summed E-state index contributed by atoms with van der Waals surface area (Å²) in [7, 11) is 0. The van der Waals surface area contributed by atoms with Crippen LogP contribution in [0.2, 0.25) is 0 Å². The van der Waals surface area contributed by atoms with Gasteiger partial charge >= 0.3 is 5.97 Å². The number of ketones is 1. The minimum absolute atomic E-state index is 0.0254. The molecule has 1 N–H and O–H groups in total. The molecule has 0 amide bonds. The Labute approximate surface area is 79.3 Å². The van der Waals surface area contributed by atoms with Crippen LogP contribution in [0.4, 0.5) is 0 Å². The summed E-state index contributed by atoms with van der Waals surface area (Å²) in [5.41, 5.74) is -0.546. The maximum Gasteiger partial charge on any atom is 0.307 e. The molecule has 3 nitrogen and oxygen atoms in total. The van der Waals surface area contributed by atoms with Crippen molar-refractivity contribution < 1.29 is 14.7 Å². The van der Waals surface area contributed by atoms with Gasteiger partial charge in [-0.25, -0.2) is 0 Å². The van der Waals surface area contributed by atoms with Crippen LogP contribution in [0, 0.1) is 11.3 Å². The number of Topliss-reactive ketones (excluding diaryl/α,β-unsaturated/α-hetero) is 1. The SMILES string of the molecule is CC(C(=O)O)C1(C(=O)CBr)CC1. The number of rotatable bonds is 4. The number of carbonyl (C=O) groups is 2. The van der Waals surface area contributed by atoms with Gasteiger partial charge in [0.15, 0.2) is 0 Å². The lowest BCUT2D eigenvalue weighted by Gasteiger charge is -2.16. The van der Waals surface area contributed by atoms with Crippen LogP contribution in [0.25, 0.3) is 0 Å². The number of hydrogen-bond donors (Lipinski definition) is 1. The molecule has 0 aromatic carbocycles. The highest BCUT2D eigenvalue weighted by Gasteiger charge is 2.55. The maximum atomic E-state index is 11.3. The van der Waals surface area contributed by atoms with Gasteiger partial charge in [-0.15, -0.1) is 0 Å². The van der Waals surface area contributed by atoms with Crippen LogP contribution in [-0.2, 0) is 9.59 Å². The third kappa shape index (κ3) is 1.40. The Morgan fingerprint density at radius 1 is 1.58 bits per heavy atom. The lowest BCUT2D eigenvalue weighted by atomic mass is 9.87. The topological polar surface area (TPSA) is 54.4 Å². The van der Waals surface area contributed by atoms with Crippen molar-refractivity contribution in [3.05, 3.63) is 0 Å². The third-order valence-corrected chi connectivity index (χ3v) is 3.17. The van der Waals surface area contributed by atoms with Crippen LogP contribution in [-0.4, -0.2) is 22.2 Å². The molecule has 1 unspecified atom stereocenters. The van der Waals surface area contributed by atoms with Gasteiger partial charge in [0.1, 0.15) is 5.78 Å². The first-order valence-electron chi connectivity index (χ1n) is 3.86. The van der Waals surface area contributed by atoms with E-state index in [0.717, 1.165) is 12.8 Å². The number of carboxylic acid groups (broad SMARTS) is 1. The van der Waals surface area contributed by atoms with Gasteiger partial charge in [0.25, 0.3) is 0 Å². The summed E-state index contributed by atoms with van der Waals surface area (Å²) in [5, 5.41) is 9.00. The third-order valence-electron chi connectivity index (χ3n) is 2.66. The van der Waals surface area contributed by atoms with Gasteiger partial charge < -0.3 is 5.11 Å². The fourth-order valence-corrected chi connectivity index (χ4v) is 2.02. The summed E-state index contributed by atoms with van der Waals surface area (Å²) in [6, 6.07) is 0. The van der Waals surface area contributed by atoms with Crippen molar-refractivity contribution in [1.82, 2.24) is 0 Å². The fourth-order valence-electron chi connectivity index (χ4n) is 1.46. The number of aliphatic carboxylic acids is 1. The molecule has 1 rings (SSSR count). The summed E-state index contributed by atoms with van der Waals surface area (Å²) in [4.78, 5) is 22.0. The zero-order valence-electron chi connectivity index (χ0n) is 6.84. The summed E-state index contributed by atoms with van der Waals surface area (Å²) in [5.74, 6) is -1.39. The molecule has 0 aromatic rings. The molecule has 1 atom stereocenters. The van der Waals surface area contributed by atoms with Crippen molar-refractivity contribution >= 4 is 27.7 Å². The molecule has 1 aliphatic rings. The van der Waals surface area contributed by atoms with Crippen molar-refractivity contribution in [3.63, 3.8) is 0 Å². The van der Waals surface area contributed by atoms with Crippen LogP contribution in [0.15, 0.2) is 0 Å². The van der Waals surface area contributed by atoms with Gasteiger partial charge in [-0.3, -0.25) is 9.59 Å². The molecule has 0 heterocycles. The molecule has 68 valence electrons. The standard InChI is InChI=1S/C8H11BrO3/c1-5(7(11)12)8(2-3-8)6(10)4-9/h5H,2-4H2,1H3,(H,11,12). The molecule has 0 saturated heterocycles. The Morgan fingerprint density at radius 2 is 2.08 bits per heavy atom. The quantitative estimate of drug-likeness (QED) is 0.750. The van der Waals surface area contributed by atoms with E-state index >= 15 is 0 Å². The van der Waals surface area contributed by atoms with Gasteiger partial charge in [0.2, 0.25) is 0 Å². The number of carbonyl (C=O) groups excluding carboxylic acids is 1. The monoisotopic (exact) mass is 234 g/mol. The van der Waals surface area contributed by atoms with E-state index in [-0.39, 0.29) is 11.1 Å². The maximum absolute atomic E-state index is 11.3. The van der Waals surface area contributed by atoms with Gasteiger partial charge in [-0.05, 0) is 12.8 Å². The zero-order valence-corrected chi connectivity index (χ0v) is 8.43. The molecule has 12 heavy (non-hydrogen) atoms. The van der Waals surface area contributed by atoms with E-state index in [1.165, 1.54) is 0 Å². The van der Waals surface area contributed by atoms with E-state index in [1.54, 1.807) is 6.92 Å². The van der Waals surface area contributed by atoms with Crippen molar-refractivity contribution in [2.24, 2.45) is 11.3 Å². The van der Waals surface area contributed by atoms with E-state index in [4.69, 9.17) is 5.11 Å². The Kier molecular flexibility index (Phi) is 2.56. The van der Waals surface area contributed by atoms with E-state index < -0.39 is 17.3 Å². The van der Waals surface area contributed by atoms with Gasteiger partial charge in [-0.1, -0.05) is 22.9 Å². The Hall–Kier alpha value is -0.380. The van der Waals surface area contributed by atoms with Crippen LogP contribution in [0.3, 0.4) is 0 Å². The smallest absolute Gasteiger partial charge is 0.307 e. The Balaban J connectivity index is 2.72. The molecule has 0 bridgehead atoms. The van der Waals surface area contributed by atoms with E-state index in [2.05, 4.69) is 15.9 Å². The minimum Gasteiger partial charge on any atom is -0.481 e. The van der Waals surface area contributed by atoms with Gasteiger partial charge in [0, 0.05) is 5.41 Å². The minimum atomic E-state index is -0.873. The van der Waals surface area contributed by atoms with Crippen molar-refractivity contribution in [2.45, 2.75) is 19.8 Å². The summed E-state index contributed by atoms with van der Waals surface area (Å²) < 4.78 is 0. The molecule has 0 aromatic heterocycles. The van der Waals surface area contributed by atoms with Crippen molar-refractivity contribution in [1.29, 1.82) is 0 Å². The number of hydrogen-bond acceptors (Lipinski definition) is 2. The van der Waals surface area contributed by atoms with E-state index in [1.807, 2.05) is 0 Å². The first-order chi connectivity index (χ1) is 5.54. The largest absolute Gasteiger partial charge is 0.481 e. The Bertz CT molecular complexity index is 220. The highest BCUT2D eigenvalue weighted by Crippen LogP contribution is 2.53. The number of alkyl halides is 1. The second-order valence-electron chi connectivity index (χ2n) is 3.27. The van der Waals surface area contributed by atoms with Crippen molar-refractivity contribution in [2.75, 3.05) is 5.33 Å². The molecule has 0 aliphatic heterocycles. The molecule has 0 radical (unpaired) electrons. The lowest BCUT2D eigenvalue weighted by molar-refractivity contribution is -0.146. The zero-order chi connectivity index (χ0) is 9.35. The number of halogens is 1. The molecule has 1 fully saturated rings. The van der Waals surface area contributed by atoms with Gasteiger partial charge in [0.05, 0.1) is 11.2 Å². The van der Waals surface area contributed by atoms with Crippen LogP contribution in [0.1, 0.15) is 19.8 Å². The van der Waals surface area contributed by atoms with Gasteiger partial charge in [-0.2, -0.15) is 0 Å². The average molecular weight is 235 g/mol. The van der Waals surface area contributed by atoms with Crippen molar-refractivity contribution in [3.8, 4) is 0 Å². The van der Waals surface area contributed by atoms with Crippen LogP contribution < -0.4 is 0 Å². The molecular formula is C8H11BrO3. The molecule has 4 heteroatoms. The predicted molar refractivity (Wildman–Crippen MR) is 47.3 cm³/mol. The summed E-state index contributed by atoms with van der Waals surface area (Å²) in [6.45, 7) is 1.61. The van der Waals surface area contributed by atoms with E-state index in [9.17, 15) is 9.59 Å². The second-order valence-corrected chi connectivity index (χ2v) is 3.83.